The summed E-state index contributed by atoms with van der Waals surface area (Å²) in [7, 11) is 0. The highest BCUT2D eigenvalue weighted by Gasteiger charge is 2.28. The number of hydrogen-bond acceptors (Lipinski definition) is 2. The lowest BCUT2D eigenvalue weighted by molar-refractivity contribution is -0.148. The van der Waals surface area contributed by atoms with Crippen LogP contribution in [-0.4, -0.2) is 22.3 Å². The number of aliphatic hydroxyl groups is 1. The first-order valence-electron chi connectivity index (χ1n) is 5.41. The molecule has 0 spiro atoms. The minimum Gasteiger partial charge on any atom is -0.481 e. The zero-order valence-electron chi connectivity index (χ0n) is 9.36. The molecule has 14 heavy (non-hydrogen) atoms. The second kappa shape index (κ2) is 6.82. The van der Waals surface area contributed by atoms with E-state index in [-0.39, 0.29) is 5.92 Å². The van der Waals surface area contributed by atoms with Crippen molar-refractivity contribution in [2.45, 2.75) is 52.6 Å². The van der Waals surface area contributed by atoms with Gasteiger partial charge in [-0.25, -0.2) is 0 Å². The molecule has 0 fully saturated rings. The first-order valence-corrected chi connectivity index (χ1v) is 5.41. The molecule has 0 saturated carbocycles. The van der Waals surface area contributed by atoms with Crippen LogP contribution in [0.2, 0.25) is 0 Å². The topological polar surface area (TPSA) is 57.5 Å². The Morgan fingerprint density at radius 3 is 2.21 bits per heavy atom. The number of rotatable bonds is 7. The van der Waals surface area contributed by atoms with Gasteiger partial charge in [0.15, 0.2) is 0 Å². The summed E-state index contributed by atoms with van der Waals surface area (Å²) in [5.41, 5.74) is 0. The molecule has 3 heteroatoms. The number of carboxylic acid groups (broad SMARTS) is 1. The van der Waals surface area contributed by atoms with Crippen LogP contribution in [0, 0.1) is 11.8 Å². The Hall–Kier alpha value is -0.570. The lowest BCUT2D eigenvalue weighted by Gasteiger charge is -2.22. The Labute approximate surface area is 86.1 Å². The van der Waals surface area contributed by atoms with Gasteiger partial charge in [0.2, 0.25) is 0 Å². The van der Waals surface area contributed by atoms with Crippen LogP contribution < -0.4 is 0 Å². The van der Waals surface area contributed by atoms with Crippen LogP contribution in [0.3, 0.4) is 0 Å². The van der Waals surface area contributed by atoms with Crippen molar-refractivity contribution in [1.82, 2.24) is 0 Å². The van der Waals surface area contributed by atoms with E-state index in [0.717, 1.165) is 19.3 Å². The van der Waals surface area contributed by atoms with Crippen LogP contribution in [0.25, 0.3) is 0 Å². The summed E-state index contributed by atoms with van der Waals surface area (Å²) >= 11 is 0. The van der Waals surface area contributed by atoms with E-state index in [1.54, 1.807) is 0 Å². The van der Waals surface area contributed by atoms with Crippen molar-refractivity contribution < 1.29 is 15.0 Å². The van der Waals surface area contributed by atoms with Crippen LogP contribution in [-0.2, 0) is 4.79 Å². The monoisotopic (exact) mass is 202 g/mol. The van der Waals surface area contributed by atoms with Crippen LogP contribution in [0.4, 0.5) is 0 Å². The minimum atomic E-state index is -0.885. The summed E-state index contributed by atoms with van der Waals surface area (Å²) in [5, 5.41) is 18.6. The number of hydrogen-bond donors (Lipinski definition) is 2. The molecular weight excluding hydrogens is 180 g/mol. The highest BCUT2D eigenvalue weighted by molar-refractivity contribution is 5.70. The van der Waals surface area contributed by atoms with Gasteiger partial charge in [0.25, 0.3) is 0 Å². The quantitative estimate of drug-likeness (QED) is 0.623. The summed E-state index contributed by atoms with van der Waals surface area (Å²) in [4.78, 5) is 10.9. The van der Waals surface area contributed by atoms with E-state index in [0.29, 0.717) is 6.42 Å². The highest BCUT2D eigenvalue weighted by atomic mass is 16.4. The first kappa shape index (κ1) is 13.4. The lowest BCUT2D eigenvalue weighted by atomic mass is 9.88. The number of carbonyl (C=O) groups is 1. The van der Waals surface area contributed by atoms with Gasteiger partial charge >= 0.3 is 5.97 Å². The molecule has 0 bridgehead atoms. The van der Waals surface area contributed by atoms with Gasteiger partial charge in [0, 0.05) is 0 Å². The predicted octanol–water partition coefficient (Wildman–Crippen LogP) is 2.28. The van der Waals surface area contributed by atoms with E-state index in [9.17, 15) is 9.90 Å². The molecule has 0 heterocycles. The van der Waals surface area contributed by atoms with Crippen molar-refractivity contribution in [1.29, 1.82) is 0 Å². The molecule has 0 saturated heterocycles. The number of aliphatic hydroxyl groups excluding tert-OH is 1. The fraction of sp³-hybridized carbons (Fsp3) is 0.909. The molecule has 3 nitrogen and oxygen atoms in total. The van der Waals surface area contributed by atoms with Gasteiger partial charge in [0.05, 0.1) is 12.0 Å². The fourth-order valence-electron chi connectivity index (χ4n) is 1.68. The van der Waals surface area contributed by atoms with Crippen molar-refractivity contribution in [2.24, 2.45) is 11.8 Å². The third-order valence-electron chi connectivity index (χ3n) is 2.52. The van der Waals surface area contributed by atoms with Gasteiger partial charge in [-0.15, -0.1) is 0 Å². The molecule has 2 atom stereocenters. The Morgan fingerprint density at radius 1 is 1.29 bits per heavy atom. The maximum absolute atomic E-state index is 10.9. The molecule has 0 aromatic rings. The Bertz CT molecular complexity index is 166. The van der Waals surface area contributed by atoms with E-state index in [4.69, 9.17) is 5.11 Å². The van der Waals surface area contributed by atoms with E-state index in [2.05, 4.69) is 6.92 Å². The molecule has 0 amide bonds. The van der Waals surface area contributed by atoms with Gasteiger partial charge in [-0.2, -0.15) is 0 Å². The molecule has 2 unspecified atom stereocenters. The Morgan fingerprint density at radius 2 is 1.86 bits per heavy atom. The summed E-state index contributed by atoms with van der Waals surface area (Å²) in [5.74, 6) is -1.51. The minimum absolute atomic E-state index is 0.0101. The maximum Gasteiger partial charge on any atom is 0.309 e. The van der Waals surface area contributed by atoms with Crippen molar-refractivity contribution in [3.05, 3.63) is 0 Å². The fourth-order valence-corrected chi connectivity index (χ4v) is 1.68. The van der Waals surface area contributed by atoms with Crippen molar-refractivity contribution in [2.75, 3.05) is 0 Å². The standard InChI is InChI=1S/C11H22O3/c1-4-5-6-7-9(12)10(8(2)3)11(13)14/h8-10,12H,4-7H2,1-3H3,(H,13,14). The SMILES string of the molecule is CCCCCC(O)C(C(=O)O)C(C)C. The average molecular weight is 202 g/mol. The molecule has 0 aliphatic heterocycles. The highest BCUT2D eigenvalue weighted by Crippen LogP contribution is 2.20. The van der Waals surface area contributed by atoms with Gasteiger partial charge in [0.1, 0.15) is 0 Å². The number of carboxylic acids is 1. The molecule has 0 rings (SSSR count). The third kappa shape index (κ3) is 4.61. The van der Waals surface area contributed by atoms with Crippen LogP contribution in [0.15, 0.2) is 0 Å². The second-order valence-electron chi connectivity index (χ2n) is 4.17. The molecule has 2 N–H and O–H groups in total. The van der Waals surface area contributed by atoms with E-state index in [1.807, 2.05) is 13.8 Å². The first-order chi connectivity index (χ1) is 6.50. The summed E-state index contributed by atoms with van der Waals surface area (Å²) in [6.07, 6.45) is 2.96. The number of aliphatic carboxylic acids is 1. The van der Waals surface area contributed by atoms with Gasteiger partial charge < -0.3 is 10.2 Å². The molecular formula is C11H22O3. The molecule has 0 aliphatic rings. The van der Waals surface area contributed by atoms with Crippen molar-refractivity contribution in [3.63, 3.8) is 0 Å². The smallest absolute Gasteiger partial charge is 0.309 e. The summed E-state index contributed by atoms with van der Waals surface area (Å²) in [6.45, 7) is 5.76. The third-order valence-corrected chi connectivity index (χ3v) is 2.52. The van der Waals surface area contributed by atoms with Gasteiger partial charge in [-0.1, -0.05) is 40.0 Å². The molecule has 84 valence electrons. The van der Waals surface area contributed by atoms with Gasteiger partial charge in [-0.05, 0) is 12.3 Å². The normalized spacial score (nSPS) is 15.5. The average Bonchev–Trinajstić information content (AvgIpc) is 2.03. The van der Waals surface area contributed by atoms with Crippen molar-refractivity contribution >= 4 is 5.97 Å². The largest absolute Gasteiger partial charge is 0.481 e. The van der Waals surface area contributed by atoms with E-state index >= 15 is 0 Å². The lowest BCUT2D eigenvalue weighted by Crippen LogP contribution is -2.32. The van der Waals surface area contributed by atoms with E-state index < -0.39 is 18.0 Å². The second-order valence-corrected chi connectivity index (χ2v) is 4.17. The zero-order valence-corrected chi connectivity index (χ0v) is 9.36. The summed E-state index contributed by atoms with van der Waals surface area (Å²) in [6, 6.07) is 0. The van der Waals surface area contributed by atoms with Crippen LogP contribution in [0.1, 0.15) is 46.5 Å². The Kier molecular flexibility index (Phi) is 6.54. The van der Waals surface area contributed by atoms with E-state index in [1.165, 1.54) is 0 Å². The molecule has 0 radical (unpaired) electrons. The van der Waals surface area contributed by atoms with Crippen LogP contribution >= 0.6 is 0 Å². The number of unbranched alkanes of at least 4 members (excludes halogenated alkanes) is 2. The summed E-state index contributed by atoms with van der Waals surface area (Å²) < 4.78 is 0. The molecule has 0 aliphatic carbocycles. The molecule has 0 aromatic carbocycles. The van der Waals surface area contributed by atoms with Gasteiger partial charge in [-0.3, -0.25) is 4.79 Å². The van der Waals surface area contributed by atoms with Crippen molar-refractivity contribution in [3.8, 4) is 0 Å². The Balaban J connectivity index is 4.02. The maximum atomic E-state index is 10.9. The van der Waals surface area contributed by atoms with Crippen LogP contribution in [0.5, 0.6) is 0 Å². The molecule has 0 aromatic heterocycles. The zero-order chi connectivity index (χ0) is 11.1. The predicted molar refractivity (Wildman–Crippen MR) is 56.1 cm³/mol.